The minimum absolute atomic E-state index is 0.00558. The van der Waals surface area contributed by atoms with Gasteiger partial charge in [0.25, 0.3) is 0 Å². The Labute approximate surface area is 174 Å². The molecule has 9 nitrogen and oxygen atoms in total. The third kappa shape index (κ3) is 4.24. The number of benzene rings is 2. The maximum absolute atomic E-state index is 12.8. The molecule has 2 amide bonds. The summed E-state index contributed by atoms with van der Waals surface area (Å²) in [5, 5.41) is 0. The number of anilines is 1. The fourth-order valence-corrected chi connectivity index (χ4v) is 4.15. The van der Waals surface area contributed by atoms with Gasteiger partial charge in [0.15, 0.2) is 11.5 Å². The zero-order chi connectivity index (χ0) is 21.9. The summed E-state index contributed by atoms with van der Waals surface area (Å²) in [5.41, 5.74) is 0.772. The van der Waals surface area contributed by atoms with Crippen molar-refractivity contribution in [3.63, 3.8) is 0 Å². The normalized spacial score (nSPS) is 14.2. The number of nitrogens with one attached hydrogen (secondary N) is 1. The maximum Gasteiger partial charge on any atom is 0.240 e. The van der Waals surface area contributed by atoms with E-state index in [1.807, 2.05) is 0 Å². The second kappa shape index (κ2) is 8.72. The molecule has 30 heavy (non-hydrogen) atoms. The highest BCUT2D eigenvalue weighted by Gasteiger charge is 2.33. The van der Waals surface area contributed by atoms with Crippen LogP contribution < -0.4 is 23.8 Å². The highest BCUT2D eigenvalue weighted by Crippen LogP contribution is 2.34. The van der Waals surface area contributed by atoms with Crippen molar-refractivity contribution in [2.75, 3.05) is 26.2 Å². The molecule has 160 valence electrons. The summed E-state index contributed by atoms with van der Waals surface area (Å²) < 4.78 is 43.7. The first kappa shape index (κ1) is 21.6. The summed E-state index contributed by atoms with van der Waals surface area (Å²) in [4.78, 5) is 25.1. The van der Waals surface area contributed by atoms with Crippen LogP contribution in [0, 0.1) is 0 Å². The standard InChI is InChI=1S/C20H22N2O7S/c1-27-16-7-5-14(11-15(16)22-19(23)8-9-20(22)24)30(25,26)21-12-13-4-6-17(28-2)18(10-13)29-3/h4-7,10-11,21H,8-9,12H2,1-3H3. The number of nitrogens with zero attached hydrogens (tertiary/aromatic N) is 1. The largest absolute Gasteiger partial charge is 0.495 e. The van der Waals surface area contributed by atoms with Crippen LogP contribution in [0.4, 0.5) is 5.69 Å². The van der Waals surface area contributed by atoms with Crippen LogP contribution in [0.3, 0.4) is 0 Å². The fourth-order valence-electron chi connectivity index (χ4n) is 3.11. The van der Waals surface area contributed by atoms with Gasteiger partial charge < -0.3 is 14.2 Å². The van der Waals surface area contributed by atoms with Crippen LogP contribution in [-0.4, -0.2) is 41.6 Å². The first-order valence-electron chi connectivity index (χ1n) is 9.05. The third-order valence-electron chi connectivity index (χ3n) is 4.67. The minimum Gasteiger partial charge on any atom is -0.495 e. The molecular formula is C20H22N2O7S. The minimum atomic E-state index is -3.93. The van der Waals surface area contributed by atoms with E-state index in [4.69, 9.17) is 14.2 Å². The first-order chi connectivity index (χ1) is 14.3. The number of amides is 2. The summed E-state index contributed by atoms with van der Waals surface area (Å²) in [7, 11) is 0.453. The SMILES string of the molecule is COc1ccc(CNS(=O)(=O)c2ccc(OC)c(N3C(=O)CCC3=O)c2)cc1OC. The number of sulfonamides is 1. The molecule has 3 rings (SSSR count). The van der Waals surface area contributed by atoms with Crippen LogP contribution in [0.15, 0.2) is 41.3 Å². The lowest BCUT2D eigenvalue weighted by Crippen LogP contribution is -2.29. The summed E-state index contributed by atoms with van der Waals surface area (Å²) in [6, 6.07) is 9.09. The van der Waals surface area contributed by atoms with Gasteiger partial charge in [-0.25, -0.2) is 18.0 Å². The summed E-state index contributed by atoms with van der Waals surface area (Å²) in [6.07, 6.45) is 0.160. The smallest absolute Gasteiger partial charge is 0.240 e. The summed E-state index contributed by atoms with van der Waals surface area (Å²) in [5.74, 6) is 0.450. The van der Waals surface area contributed by atoms with E-state index in [2.05, 4.69) is 4.72 Å². The molecule has 1 aliphatic heterocycles. The molecule has 1 heterocycles. The molecule has 0 spiro atoms. The number of rotatable bonds is 8. The van der Waals surface area contributed by atoms with Crippen molar-refractivity contribution in [2.45, 2.75) is 24.3 Å². The zero-order valence-electron chi connectivity index (χ0n) is 16.8. The number of carbonyl (C=O) groups is 2. The highest BCUT2D eigenvalue weighted by atomic mass is 32.2. The van der Waals surface area contributed by atoms with Crippen molar-refractivity contribution in [2.24, 2.45) is 0 Å². The quantitative estimate of drug-likeness (QED) is 0.631. The predicted octanol–water partition coefficient (Wildman–Crippen LogP) is 1.84. The van der Waals surface area contributed by atoms with E-state index < -0.39 is 21.8 Å². The molecule has 1 N–H and O–H groups in total. The van der Waals surface area contributed by atoms with Gasteiger partial charge in [0.05, 0.1) is 31.9 Å². The molecule has 0 radical (unpaired) electrons. The second-order valence-electron chi connectivity index (χ2n) is 6.47. The Morgan fingerprint density at radius 2 is 1.47 bits per heavy atom. The van der Waals surface area contributed by atoms with Gasteiger partial charge >= 0.3 is 0 Å². The number of ether oxygens (including phenoxy) is 3. The molecule has 0 saturated carbocycles. The fraction of sp³-hybridized carbons (Fsp3) is 0.300. The van der Waals surface area contributed by atoms with Crippen molar-refractivity contribution in [3.05, 3.63) is 42.0 Å². The van der Waals surface area contributed by atoms with Gasteiger partial charge in [-0.2, -0.15) is 0 Å². The van der Waals surface area contributed by atoms with Crippen molar-refractivity contribution in [3.8, 4) is 17.2 Å². The first-order valence-corrected chi connectivity index (χ1v) is 10.5. The number of imide groups is 1. The lowest BCUT2D eigenvalue weighted by atomic mass is 10.2. The Bertz CT molecular complexity index is 1070. The number of hydrogen-bond acceptors (Lipinski definition) is 7. The maximum atomic E-state index is 12.8. The van der Waals surface area contributed by atoms with E-state index in [9.17, 15) is 18.0 Å². The van der Waals surface area contributed by atoms with Crippen molar-refractivity contribution >= 4 is 27.5 Å². The second-order valence-corrected chi connectivity index (χ2v) is 8.24. The third-order valence-corrected chi connectivity index (χ3v) is 6.07. The van der Waals surface area contributed by atoms with Crippen LogP contribution in [0.5, 0.6) is 17.2 Å². The van der Waals surface area contributed by atoms with Gasteiger partial charge in [0.2, 0.25) is 21.8 Å². The Kier molecular flexibility index (Phi) is 6.28. The summed E-state index contributed by atoms with van der Waals surface area (Å²) >= 11 is 0. The zero-order valence-corrected chi connectivity index (χ0v) is 17.6. The molecule has 0 unspecified atom stereocenters. The van der Waals surface area contributed by atoms with Crippen molar-refractivity contribution in [1.29, 1.82) is 0 Å². The van der Waals surface area contributed by atoms with E-state index >= 15 is 0 Å². The van der Waals surface area contributed by atoms with Gasteiger partial charge in [-0.05, 0) is 35.9 Å². The molecule has 1 aliphatic rings. The molecule has 10 heteroatoms. The molecule has 2 aromatic rings. The Hall–Kier alpha value is -3.11. The van der Waals surface area contributed by atoms with Crippen molar-refractivity contribution in [1.82, 2.24) is 4.72 Å². The molecule has 1 fully saturated rings. The molecular weight excluding hydrogens is 412 g/mol. The van der Waals surface area contributed by atoms with E-state index in [0.29, 0.717) is 17.1 Å². The molecule has 0 atom stereocenters. The molecule has 0 bridgehead atoms. The van der Waals surface area contributed by atoms with Crippen LogP contribution in [-0.2, 0) is 26.2 Å². The van der Waals surface area contributed by atoms with Gasteiger partial charge in [-0.3, -0.25) is 9.59 Å². The molecule has 2 aromatic carbocycles. The lowest BCUT2D eigenvalue weighted by molar-refractivity contribution is -0.121. The topological polar surface area (TPSA) is 111 Å². The summed E-state index contributed by atoms with van der Waals surface area (Å²) in [6.45, 7) is 0.00558. The van der Waals surface area contributed by atoms with Gasteiger partial charge in [-0.15, -0.1) is 0 Å². The average molecular weight is 434 g/mol. The Morgan fingerprint density at radius 3 is 2.07 bits per heavy atom. The van der Waals surface area contributed by atoms with Gasteiger partial charge in [0, 0.05) is 19.4 Å². The Morgan fingerprint density at radius 1 is 0.867 bits per heavy atom. The van der Waals surface area contributed by atoms with Crippen LogP contribution in [0.1, 0.15) is 18.4 Å². The van der Waals surface area contributed by atoms with Gasteiger partial charge in [-0.1, -0.05) is 6.07 Å². The van der Waals surface area contributed by atoms with E-state index in [1.165, 1.54) is 39.5 Å². The van der Waals surface area contributed by atoms with E-state index in [-0.39, 0.29) is 35.7 Å². The molecule has 0 aliphatic carbocycles. The molecule has 1 saturated heterocycles. The highest BCUT2D eigenvalue weighted by molar-refractivity contribution is 7.89. The number of carbonyl (C=O) groups excluding carboxylic acids is 2. The lowest BCUT2D eigenvalue weighted by Gasteiger charge is -2.18. The monoisotopic (exact) mass is 434 g/mol. The molecule has 0 aromatic heterocycles. The predicted molar refractivity (Wildman–Crippen MR) is 108 cm³/mol. The average Bonchev–Trinajstić information content (AvgIpc) is 3.09. The van der Waals surface area contributed by atoms with Crippen LogP contribution >= 0.6 is 0 Å². The number of methoxy groups -OCH3 is 3. The number of hydrogen-bond donors (Lipinski definition) is 1. The van der Waals surface area contributed by atoms with Crippen LogP contribution in [0.25, 0.3) is 0 Å². The van der Waals surface area contributed by atoms with Crippen molar-refractivity contribution < 1.29 is 32.2 Å². The van der Waals surface area contributed by atoms with E-state index in [0.717, 1.165) is 4.90 Å². The Balaban J connectivity index is 1.87. The van der Waals surface area contributed by atoms with Crippen LogP contribution in [0.2, 0.25) is 0 Å². The van der Waals surface area contributed by atoms with Gasteiger partial charge in [0.1, 0.15) is 5.75 Å². The van der Waals surface area contributed by atoms with E-state index in [1.54, 1.807) is 18.2 Å².